The molecule has 0 rings (SSSR count). The molecule has 0 heterocycles. The molecule has 0 aliphatic heterocycles. The summed E-state index contributed by atoms with van der Waals surface area (Å²) in [5.74, 6) is -4.82. The lowest BCUT2D eigenvalue weighted by atomic mass is 10.4. The summed E-state index contributed by atoms with van der Waals surface area (Å²) in [6.07, 6.45) is 0. The number of amides is 1. The summed E-state index contributed by atoms with van der Waals surface area (Å²) < 4.78 is 0. The van der Waals surface area contributed by atoms with Gasteiger partial charge < -0.3 is 21.3 Å². The molecule has 0 fully saturated rings. The first-order chi connectivity index (χ1) is 5.46. The van der Waals surface area contributed by atoms with Crippen molar-refractivity contribution in [3.8, 4) is 0 Å². The standard InChI is InChI=1S/C5H11N3O4/c1-7-5(12,4(10)11)8-3(9)2-6/h7,12H,2,6H2,1H3,(H,8,9)(H,10,11). The second-order valence-corrected chi connectivity index (χ2v) is 2.02. The zero-order chi connectivity index (χ0) is 9.78. The average molecular weight is 177 g/mol. The third kappa shape index (κ3) is 2.46. The largest absolute Gasteiger partial charge is 0.477 e. The molecule has 0 saturated heterocycles. The Morgan fingerprint density at radius 3 is 2.33 bits per heavy atom. The molecule has 1 atom stereocenters. The van der Waals surface area contributed by atoms with Crippen LogP contribution in [0.3, 0.4) is 0 Å². The minimum atomic E-state index is -2.45. The summed E-state index contributed by atoms with van der Waals surface area (Å²) >= 11 is 0. The van der Waals surface area contributed by atoms with Gasteiger partial charge in [0.2, 0.25) is 5.91 Å². The van der Waals surface area contributed by atoms with Crippen molar-refractivity contribution >= 4 is 11.9 Å². The number of nitrogens with two attached hydrogens (primary N) is 1. The van der Waals surface area contributed by atoms with Gasteiger partial charge in [-0.1, -0.05) is 0 Å². The number of likely N-dealkylation sites (N-methyl/N-ethyl adjacent to an activating group) is 1. The Labute approximate surface area is 68.6 Å². The van der Waals surface area contributed by atoms with E-state index >= 15 is 0 Å². The van der Waals surface area contributed by atoms with E-state index in [-0.39, 0.29) is 0 Å². The fraction of sp³-hybridized carbons (Fsp3) is 0.600. The van der Waals surface area contributed by atoms with Gasteiger partial charge in [-0.25, -0.2) is 4.79 Å². The minimum absolute atomic E-state index is 0.392. The average Bonchev–Trinajstić information content (AvgIpc) is 2.03. The SMILES string of the molecule is CNC(O)(NC(=O)CN)C(=O)O. The third-order valence-corrected chi connectivity index (χ3v) is 1.18. The van der Waals surface area contributed by atoms with Crippen LogP contribution in [0.2, 0.25) is 0 Å². The van der Waals surface area contributed by atoms with Gasteiger partial charge in [-0.05, 0) is 7.05 Å². The van der Waals surface area contributed by atoms with Crippen molar-refractivity contribution in [1.29, 1.82) is 0 Å². The molecule has 1 unspecified atom stereocenters. The molecule has 1 amide bonds. The zero-order valence-electron chi connectivity index (χ0n) is 6.50. The van der Waals surface area contributed by atoms with Crippen LogP contribution in [0.5, 0.6) is 0 Å². The number of rotatable bonds is 4. The second kappa shape index (κ2) is 4.00. The van der Waals surface area contributed by atoms with Gasteiger partial charge in [0.25, 0.3) is 5.85 Å². The van der Waals surface area contributed by atoms with Crippen LogP contribution in [0.1, 0.15) is 0 Å². The first-order valence-electron chi connectivity index (χ1n) is 3.12. The van der Waals surface area contributed by atoms with Crippen molar-refractivity contribution in [3.05, 3.63) is 0 Å². The first-order valence-corrected chi connectivity index (χ1v) is 3.12. The molecule has 12 heavy (non-hydrogen) atoms. The predicted molar refractivity (Wildman–Crippen MR) is 38.8 cm³/mol. The molecule has 0 aromatic carbocycles. The van der Waals surface area contributed by atoms with Crippen LogP contribution < -0.4 is 16.4 Å². The lowest BCUT2D eigenvalue weighted by Gasteiger charge is -2.22. The van der Waals surface area contributed by atoms with Crippen molar-refractivity contribution in [1.82, 2.24) is 10.6 Å². The van der Waals surface area contributed by atoms with Gasteiger partial charge in [0, 0.05) is 0 Å². The smallest absolute Gasteiger partial charge is 0.374 e. The summed E-state index contributed by atoms with van der Waals surface area (Å²) in [6, 6.07) is 0. The van der Waals surface area contributed by atoms with E-state index in [4.69, 9.17) is 15.9 Å². The Morgan fingerprint density at radius 2 is 2.08 bits per heavy atom. The number of carboxylic acid groups (broad SMARTS) is 1. The summed E-state index contributed by atoms with van der Waals surface area (Å²) in [5.41, 5.74) is 4.89. The molecule has 0 saturated carbocycles. The number of aliphatic hydroxyl groups is 1. The molecular formula is C5H11N3O4. The van der Waals surface area contributed by atoms with Gasteiger partial charge in [0.15, 0.2) is 0 Å². The number of aliphatic carboxylic acids is 1. The van der Waals surface area contributed by atoms with Crippen molar-refractivity contribution in [2.45, 2.75) is 5.85 Å². The molecule has 0 aromatic rings. The molecule has 70 valence electrons. The van der Waals surface area contributed by atoms with Crippen LogP contribution >= 0.6 is 0 Å². The Kier molecular flexibility index (Phi) is 3.61. The number of carbonyl (C=O) groups excluding carboxylic acids is 1. The molecule has 0 aliphatic rings. The van der Waals surface area contributed by atoms with E-state index < -0.39 is 24.3 Å². The van der Waals surface area contributed by atoms with Crippen molar-refractivity contribution in [2.24, 2.45) is 5.73 Å². The van der Waals surface area contributed by atoms with Crippen LogP contribution in [0.4, 0.5) is 0 Å². The Balaban J connectivity index is 4.34. The van der Waals surface area contributed by atoms with Gasteiger partial charge in [-0.3, -0.25) is 10.1 Å². The predicted octanol–water partition coefficient (Wildman–Crippen LogP) is -2.99. The molecule has 0 aliphatic carbocycles. The van der Waals surface area contributed by atoms with Gasteiger partial charge in [-0.2, -0.15) is 0 Å². The highest BCUT2D eigenvalue weighted by Gasteiger charge is 2.35. The monoisotopic (exact) mass is 177 g/mol. The van der Waals surface area contributed by atoms with E-state index in [2.05, 4.69) is 0 Å². The first kappa shape index (κ1) is 10.8. The molecular weight excluding hydrogens is 166 g/mol. The van der Waals surface area contributed by atoms with Crippen molar-refractivity contribution in [2.75, 3.05) is 13.6 Å². The van der Waals surface area contributed by atoms with E-state index in [0.29, 0.717) is 0 Å². The van der Waals surface area contributed by atoms with E-state index in [1.165, 1.54) is 7.05 Å². The Hall–Kier alpha value is -1.18. The number of nitrogens with one attached hydrogen (secondary N) is 2. The second-order valence-electron chi connectivity index (χ2n) is 2.02. The molecule has 7 nitrogen and oxygen atoms in total. The quantitative estimate of drug-likeness (QED) is 0.292. The number of carboxylic acids is 1. The summed E-state index contributed by atoms with van der Waals surface area (Å²) in [7, 11) is 1.19. The molecule has 0 spiro atoms. The van der Waals surface area contributed by atoms with Crippen LogP contribution in [0.15, 0.2) is 0 Å². The van der Waals surface area contributed by atoms with Crippen LogP contribution in [-0.2, 0) is 9.59 Å². The lowest BCUT2D eigenvalue weighted by molar-refractivity contribution is -0.169. The van der Waals surface area contributed by atoms with Crippen LogP contribution in [0.25, 0.3) is 0 Å². The fourth-order valence-electron chi connectivity index (χ4n) is 0.476. The van der Waals surface area contributed by atoms with Crippen LogP contribution in [0, 0.1) is 0 Å². The van der Waals surface area contributed by atoms with Crippen LogP contribution in [-0.4, -0.2) is 41.5 Å². The van der Waals surface area contributed by atoms with Crippen molar-refractivity contribution < 1.29 is 19.8 Å². The number of hydrogen-bond donors (Lipinski definition) is 5. The topological polar surface area (TPSA) is 125 Å². The van der Waals surface area contributed by atoms with Crippen molar-refractivity contribution in [3.63, 3.8) is 0 Å². The molecule has 7 heteroatoms. The summed E-state index contributed by atoms with van der Waals surface area (Å²) in [4.78, 5) is 20.9. The van der Waals surface area contributed by atoms with Gasteiger partial charge >= 0.3 is 5.97 Å². The highest BCUT2D eigenvalue weighted by atomic mass is 16.4. The van der Waals surface area contributed by atoms with Gasteiger partial charge in [0.1, 0.15) is 0 Å². The van der Waals surface area contributed by atoms with E-state index in [9.17, 15) is 9.59 Å². The molecule has 0 bridgehead atoms. The Morgan fingerprint density at radius 1 is 1.58 bits per heavy atom. The summed E-state index contributed by atoms with van der Waals surface area (Å²) in [5, 5.41) is 21.3. The maximum atomic E-state index is 10.6. The molecule has 6 N–H and O–H groups in total. The highest BCUT2D eigenvalue weighted by Crippen LogP contribution is 1.92. The van der Waals surface area contributed by atoms with E-state index in [1.807, 2.05) is 5.32 Å². The molecule has 0 radical (unpaired) electrons. The number of carbonyl (C=O) groups is 2. The maximum absolute atomic E-state index is 10.6. The Bertz CT molecular complexity index is 195. The fourth-order valence-corrected chi connectivity index (χ4v) is 0.476. The van der Waals surface area contributed by atoms with Gasteiger partial charge in [-0.15, -0.1) is 0 Å². The number of hydrogen-bond acceptors (Lipinski definition) is 5. The zero-order valence-corrected chi connectivity index (χ0v) is 6.50. The highest BCUT2D eigenvalue weighted by molar-refractivity contribution is 5.85. The van der Waals surface area contributed by atoms with E-state index in [0.717, 1.165) is 0 Å². The maximum Gasteiger partial charge on any atom is 0.374 e. The minimum Gasteiger partial charge on any atom is -0.477 e. The third-order valence-electron chi connectivity index (χ3n) is 1.18. The summed E-state index contributed by atoms with van der Waals surface area (Å²) in [6.45, 7) is -0.392. The van der Waals surface area contributed by atoms with Gasteiger partial charge in [0.05, 0.1) is 6.54 Å². The van der Waals surface area contributed by atoms with E-state index in [1.54, 1.807) is 5.32 Å². The molecule has 0 aromatic heterocycles. The normalized spacial score (nSPS) is 14.9. The lowest BCUT2D eigenvalue weighted by Crippen LogP contribution is -2.63.